The van der Waals surface area contributed by atoms with Crippen molar-refractivity contribution in [3.63, 3.8) is 0 Å². The fourth-order valence-corrected chi connectivity index (χ4v) is 3.70. The lowest BCUT2D eigenvalue weighted by molar-refractivity contribution is -0.114. The molecule has 1 aromatic carbocycles. The minimum atomic E-state index is -0.123. The smallest absolute Gasteiger partial charge is 0.223 e. The van der Waals surface area contributed by atoms with Crippen LogP contribution < -0.4 is 5.32 Å². The van der Waals surface area contributed by atoms with Crippen LogP contribution in [0, 0.1) is 12.3 Å². The summed E-state index contributed by atoms with van der Waals surface area (Å²) in [6, 6.07) is 8.05. The van der Waals surface area contributed by atoms with E-state index in [1.807, 2.05) is 25.1 Å². The molecule has 2 atom stereocenters. The van der Waals surface area contributed by atoms with Crippen LogP contribution in [0.15, 0.2) is 24.3 Å². The third-order valence-electron chi connectivity index (χ3n) is 4.56. The Bertz CT molecular complexity index is 735. The molecule has 1 fully saturated rings. The summed E-state index contributed by atoms with van der Waals surface area (Å²) in [5.74, 6) is 1.14. The highest BCUT2D eigenvalue weighted by Gasteiger charge is 2.60. The first-order valence-corrected chi connectivity index (χ1v) is 7.78. The molecule has 1 amide bonds. The van der Waals surface area contributed by atoms with E-state index >= 15 is 0 Å². The number of nitrogens with zero attached hydrogens (tertiary/aromatic N) is 1. The second-order valence-electron chi connectivity index (χ2n) is 6.60. The Morgan fingerprint density at radius 3 is 2.73 bits per heavy atom. The van der Waals surface area contributed by atoms with E-state index in [1.165, 1.54) is 12.5 Å². The van der Waals surface area contributed by atoms with Gasteiger partial charge in [0.15, 0.2) is 0 Å². The minimum Gasteiger partial charge on any atom is -0.327 e. The van der Waals surface area contributed by atoms with E-state index < -0.39 is 0 Å². The zero-order chi connectivity index (χ0) is 16.1. The molecule has 116 valence electrons. The van der Waals surface area contributed by atoms with Gasteiger partial charge in [-0.15, -0.1) is 0 Å². The second-order valence-corrected chi connectivity index (χ2v) is 7.03. The molecule has 1 aliphatic carbocycles. The number of hydrogen-bond acceptors (Lipinski definition) is 2. The highest BCUT2D eigenvalue weighted by atomic mass is 35.5. The molecular formula is C17H20ClN3O. The van der Waals surface area contributed by atoms with E-state index in [1.54, 1.807) is 0 Å². The largest absolute Gasteiger partial charge is 0.327 e. The summed E-state index contributed by atoms with van der Waals surface area (Å²) < 4.78 is 0. The fraction of sp³-hybridized carbons (Fsp3) is 0.412. The molecule has 2 N–H and O–H groups in total. The number of aryl methyl sites for hydroxylation is 1. The Balaban J connectivity index is 1.92. The maximum Gasteiger partial charge on any atom is 0.223 e. The number of benzene rings is 1. The molecule has 1 heterocycles. The zero-order valence-corrected chi connectivity index (χ0v) is 14.0. The molecule has 22 heavy (non-hydrogen) atoms. The average Bonchev–Trinajstić information content (AvgIpc) is 2.78. The van der Waals surface area contributed by atoms with Gasteiger partial charge in [0.05, 0.1) is 5.69 Å². The van der Waals surface area contributed by atoms with Crippen LogP contribution in [0.4, 0.5) is 5.95 Å². The zero-order valence-electron chi connectivity index (χ0n) is 13.2. The van der Waals surface area contributed by atoms with Crippen molar-refractivity contribution in [2.75, 3.05) is 5.32 Å². The number of hydrogen-bond donors (Lipinski definition) is 2. The summed E-state index contributed by atoms with van der Waals surface area (Å²) in [6.45, 7) is 7.96. The first-order chi connectivity index (χ1) is 10.3. The summed E-state index contributed by atoms with van der Waals surface area (Å²) in [6.07, 6.45) is 0. The van der Waals surface area contributed by atoms with Gasteiger partial charge in [0.25, 0.3) is 0 Å². The molecule has 3 rings (SSSR count). The van der Waals surface area contributed by atoms with Crippen LogP contribution >= 0.6 is 11.6 Å². The standard InChI is InChI=1S/C17H20ClN3O/c1-9-15(21-16(19-9)20-10(2)22)14-13(17(14,3)4)11-6-5-7-12(18)8-11/h5-8,13-14H,1-4H3,(H2,19,20,21,22)/t13?,14-/m0/s1. The summed E-state index contributed by atoms with van der Waals surface area (Å²) in [4.78, 5) is 18.9. The molecular weight excluding hydrogens is 298 g/mol. The summed E-state index contributed by atoms with van der Waals surface area (Å²) >= 11 is 6.13. The van der Waals surface area contributed by atoms with Crippen LogP contribution in [0.3, 0.4) is 0 Å². The van der Waals surface area contributed by atoms with E-state index in [9.17, 15) is 4.79 Å². The van der Waals surface area contributed by atoms with Gasteiger partial charge in [-0.3, -0.25) is 10.1 Å². The third-order valence-corrected chi connectivity index (χ3v) is 4.80. The summed E-state index contributed by atoms with van der Waals surface area (Å²) in [7, 11) is 0. The van der Waals surface area contributed by atoms with Gasteiger partial charge < -0.3 is 4.98 Å². The Kier molecular flexibility index (Phi) is 3.52. The van der Waals surface area contributed by atoms with Crippen LogP contribution in [0.2, 0.25) is 5.02 Å². The molecule has 1 aliphatic rings. The van der Waals surface area contributed by atoms with Crippen molar-refractivity contribution in [2.45, 2.75) is 39.5 Å². The number of H-pyrrole nitrogens is 1. The molecule has 1 aromatic heterocycles. The molecule has 1 saturated carbocycles. The van der Waals surface area contributed by atoms with Crippen molar-refractivity contribution in [1.82, 2.24) is 9.97 Å². The number of carbonyl (C=O) groups is 1. The van der Waals surface area contributed by atoms with Gasteiger partial charge in [-0.25, -0.2) is 4.98 Å². The number of nitrogens with one attached hydrogen (secondary N) is 2. The predicted molar refractivity (Wildman–Crippen MR) is 88.3 cm³/mol. The number of halogens is 1. The normalized spacial score (nSPS) is 22.4. The summed E-state index contributed by atoms with van der Waals surface area (Å²) in [5.41, 5.74) is 3.41. The Hall–Kier alpha value is -1.81. The molecule has 0 radical (unpaired) electrons. The first kappa shape index (κ1) is 15.1. The van der Waals surface area contributed by atoms with Gasteiger partial charge in [0, 0.05) is 23.6 Å². The minimum absolute atomic E-state index is 0.123. The molecule has 0 spiro atoms. The Morgan fingerprint density at radius 1 is 1.36 bits per heavy atom. The lowest BCUT2D eigenvalue weighted by atomic mass is 10.0. The number of aromatic nitrogens is 2. The number of amides is 1. The van der Waals surface area contributed by atoms with E-state index in [0.29, 0.717) is 17.8 Å². The summed E-state index contributed by atoms with van der Waals surface area (Å²) in [5, 5.41) is 3.48. The lowest BCUT2D eigenvalue weighted by Gasteiger charge is -2.02. The van der Waals surface area contributed by atoms with Crippen molar-refractivity contribution >= 4 is 23.5 Å². The second kappa shape index (κ2) is 5.13. The molecule has 0 saturated heterocycles. The number of imidazole rings is 1. The number of anilines is 1. The van der Waals surface area contributed by atoms with E-state index in [2.05, 4.69) is 35.2 Å². The van der Waals surface area contributed by atoms with E-state index in [-0.39, 0.29) is 11.3 Å². The van der Waals surface area contributed by atoms with E-state index in [0.717, 1.165) is 16.4 Å². The SMILES string of the molecule is CC(=O)Nc1nc(C)c([C@@H]2C(c3cccc(Cl)c3)C2(C)C)[nH]1. The van der Waals surface area contributed by atoms with Gasteiger partial charge in [0.2, 0.25) is 11.9 Å². The van der Waals surface area contributed by atoms with E-state index in [4.69, 9.17) is 11.6 Å². The van der Waals surface area contributed by atoms with Crippen LogP contribution in [-0.2, 0) is 4.79 Å². The highest BCUT2D eigenvalue weighted by molar-refractivity contribution is 6.30. The van der Waals surface area contributed by atoms with Crippen LogP contribution in [0.1, 0.15) is 49.6 Å². The van der Waals surface area contributed by atoms with Gasteiger partial charge in [-0.05, 0) is 36.0 Å². The number of aromatic amines is 1. The van der Waals surface area contributed by atoms with Gasteiger partial charge >= 0.3 is 0 Å². The van der Waals surface area contributed by atoms with Crippen molar-refractivity contribution in [3.05, 3.63) is 46.2 Å². The van der Waals surface area contributed by atoms with Gasteiger partial charge in [0.1, 0.15) is 0 Å². The quantitative estimate of drug-likeness (QED) is 0.889. The van der Waals surface area contributed by atoms with Crippen molar-refractivity contribution < 1.29 is 4.79 Å². The maximum absolute atomic E-state index is 11.2. The van der Waals surface area contributed by atoms with Crippen molar-refractivity contribution in [1.29, 1.82) is 0 Å². The average molecular weight is 318 g/mol. The molecule has 0 bridgehead atoms. The number of rotatable bonds is 3. The van der Waals surface area contributed by atoms with Gasteiger partial charge in [-0.2, -0.15) is 0 Å². The van der Waals surface area contributed by atoms with Crippen LogP contribution in [0.25, 0.3) is 0 Å². The van der Waals surface area contributed by atoms with Crippen LogP contribution in [-0.4, -0.2) is 15.9 Å². The predicted octanol–water partition coefficient (Wildman–Crippen LogP) is 4.24. The van der Waals surface area contributed by atoms with Gasteiger partial charge in [-0.1, -0.05) is 37.6 Å². The molecule has 5 heteroatoms. The molecule has 4 nitrogen and oxygen atoms in total. The Labute approximate surface area is 135 Å². The highest BCUT2D eigenvalue weighted by Crippen LogP contribution is 2.70. The first-order valence-electron chi connectivity index (χ1n) is 7.40. The Morgan fingerprint density at radius 2 is 2.09 bits per heavy atom. The number of carbonyl (C=O) groups excluding carboxylic acids is 1. The fourth-order valence-electron chi connectivity index (χ4n) is 3.50. The lowest BCUT2D eigenvalue weighted by Crippen LogP contribution is -2.07. The monoisotopic (exact) mass is 317 g/mol. The van der Waals surface area contributed by atoms with Crippen LogP contribution in [0.5, 0.6) is 0 Å². The molecule has 2 aromatic rings. The maximum atomic E-state index is 11.2. The molecule has 1 unspecified atom stereocenters. The van der Waals surface area contributed by atoms with Crippen molar-refractivity contribution in [3.8, 4) is 0 Å². The third kappa shape index (κ3) is 2.52. The van der Waals surface area contributed by atoms with Crippen molar-refractivity contribution in [2.24, 2.45) is 5.41 Å². The topological polar surface area (TPSA) is 57.8 Å². The molecule has 0 aliphatic heterocycles.